The van der Waals surface area contributed by atoms with Gasteiger partial charge >= 0.3 is 10.2 Å². The smallest absolute Gasteiger partial charge is 0.326 e. The molecule has 9 heteroatoms. The van der Waals surface area contributed by atoms with Crippen LogP contribution in [0.15, 0.2) is 12.1 Å². The van der Waals surface area contributed by atoms with Crippen LogP contribution in [0, 0.1) is 11.7 Å². The van der Waals surface area contributed by atoms with Gasteiger partial charge in [-0.25, -0.2) is 13.4 Å². The van der Waals surface area contributed by atoms with Crippen molar-refractivity contribution in [1.29, 1.82) is 0 Å². The molecule has 2 N–H and O–H groups in total. The molecule has 2 aliphatic rings. The van der Waals surface area contributed by atoms with Crippen LogP contribution in [0.25, 0.3) is 0 Å². The second kappa shape index (κ2) is 8.02. The Morgan fingerprint density at radius 3 is 2.78 bits per heavy atom. The number of phenolic OH excluding ortho intramolecular Hbond substituents is 1. The van der Waals surface area contributed by atoms with Crippen molar-refractivity contribution in [3.05, 3.63) is 23.5 Å². The first-order valence-electron chi connectivity index (χ1n) is 9.37. The molecule has 0 radical (unpaired) electrons. The van der Waals surface area contributed by atoms with E-state index in [0.29, 0.717) is 22.2 Å². The molecule has 1 aromatic rings. The standard InChI is InChI=1S/C18H26FN3O4S/c1-2-3-6-21-7-4-5-13(11-21)8-14-9-15(19)18(16(23)10-14)22-12-17(24)20-27(22,25)26/h9-10,13,23H,2-8,11-12H2,1H3,(H,20,24). The third-order valence-electron chi connectivity index (χ3n) is 5.13. The highest BCUT2D eigenvalue weighted by Crippen LogP contribution is 2.35. The minimum absolute atomic E-state index is 0.374. The lowest BCUT2D eigenvalue weighted by Gasteiger charge is -2.33. The number of piperidine rings is 1. The summed E-state index contributed by atoms with van der Waals surface area (Å²) in [5, 5.41) is 10.3. The second-order valence-corrected chi connectivity index (χ2v) is 8.94. The van der Waals surface area contributed by atoms with E-state index in [1.807, 2.05) is 0 Å². The Bertz CT molecular complexity index is 792. The lowest BCUT2D eigenvalue weighted by Crippen LogP contribution is -2.36. The van der Waals surface area contributed by atoms with Gasteiger partial charge in [0.15, 0.2) is 5.82 Å². The summed E-state index contributed by atoms with van der Waals surface area (Å²) >= 11 is 0. The zero-order chi connectivity index (χ0) is 19.6. The zero-order valence-corrected chi connectivity index (χ0v) is 16.3. The van der Waals surface area contributed by atoms with Gasteiger partial charge in [-0.15, -0.1) is 0 Å². The molecule has 27 heavy (non-hydrogen) atoms. The van der Waals surface area contributed by atoms with Gasteiger partial charge in [0.2, 0.25) is 0 Å². The van der Waals surface area contributed by atoms with Gasteiger partial charge in [0, 0.05) is 6.54 Å². The fourth-order valence-electron chi connectivity index (χ4n) is 3.89. The molecule has 0 aromatic heterocycles. The number of anilines is 1. The largest absolute Gasteiger partial charge is 0.506 e. The van der Waals surface area contributed by atoms with Gasteiger partial charge in [0.25, 0.3) is 5.91 Å². The summed E-state index contributed by atoms with van der Waals surface area (Å²) in [6.45, 7) is 4.73. The molecule has 2 saturated heterocycles. The lowest BCUT2D eigenvalue weighted by atomic mass is 9.91. The number of rotatable bonds is 6. The quantitative estimate of drug-likeness (QED) is 0.761. The summed E-state index contributed by atoms with van der Waals surface area (Å²) in [6, 6.07) is 2.67. The molecule has 0 aliphatic carbocycles. The topological polar surface area (TPSA) is 89.9 Å². The lowest BCUT2D eigenvalue weighted by molar-refractivity contribution is -0.117. The SMILES string of the molecule is CCCCN1CCCC(Cc2cc(O)c(N3CC(=O)NS3(=O)=O)c(F)c2)C1. The molecule has 3 rings (SSSR count). The minimum atomic E-state index is -4.16. The summed E-state index contributed by atoms with van der Waals surface area (Å²) in [6.07, 6.45) is 5.08. The number of benzene rings is 1. The highest BCUT2D eigenvalue weighted by molar-refractivity contribution is 7.92. The maximum Gasteiger partial charge on any atom is 0.326 e. The van der Waals surface area contributed by atoms with Crippen molar-refractivity contribution in [2.45, 2.75) is 39.0 Å². The molecule has 0 spiro atoms. The molecule has 1 atom stereocenters. The molecule has 150 valence electrons. The van der Waals surface area contributed by atoms with Crippen molar-refractivity contribution in [3.63, 3.8) is 0 Å². The second-order valence-electron chi connectivity index (χ2n) is 7.35. The number of likely N-dealkylation sites (tertiary alicyclic amines) is 1. The number of hydrogen-bond acceptors (Lipinski definition) is 5. The van der Waals surface area contributed by atoms with Crippen molar-refractivity contribution in [3.8, 4) is 5.75 Å². The molecule has 2 aliphatic heterocycles. The Morgan fingerprint density at radius 2 is 2.15 bits per heavy atom. The number of unbranched alkanes of at least 4 members (excludes halogenated alkanes) is 1. The number of amides is 1. The minimum Gasteiger partial charge on any atom is -0.506 e. The number of phenols is 1. The maximum absolute atomic E-state index is 14.6. The van der Waals surface area contributed by atoms with E-state index in [-0.39, 0.29) is 0 Å². The molecule has 2 heterocycles. The summed E-state index contributed by atoms with van der Waals surface area (Å²) in [5.74, 6) is -1.70. The molecule has 1 amide bonds. The van der Waals surface area contributed by atoms with Gasteiger partial charge in [0.1, 0.15) is 18.0 Å². The highest BCUT2D eigenvalue weighted by atomic mass is 32.2. The van der Waals surface area contributed by atoms with Crippen LogP contribution in [-0.4, -0.2) is 50.5 Å². The summed E-state index contributed by atoms with van der Waals surface area (Å²) < 4.78 is 40.8. The fraction of sp³-hybridized carbons (Fsp3) is 0.611. The van der Waals surface area contributed by atoms with E-state index in [9.17, 15) is 22.7 Å². The Hall–Kier alpha value is -1.87. The van der Waals surface area contributed by atoms with Crippen molar-refractivity contribution >= 4 is 21.8 Å². The number of nitrogens with one attached hydrogen (secondary N) is 1. The average molecular weight is 399 g/mol. The average Bonchev–Trinajstić information content (AvgIpc) is 2.85. The van der Waals surface area contributed by atoms with E-state index in [1.54, 1.807) is 4.72 Å². The first kappa shape index (κ1) is 19.9. The van der Waals surface area contributed by atoms with Crippen molar-refractivity contribution in [2.24, 2.45) is 5.92 Å². The summed E-state index contributed by atoms with van der Waals surface area (Å²) in [4.78, 5) is 13.8. The van der Waals surface area contributed by atoms with Gasteiger partial charge in [-0.3, -0.25) is 4.79 Å². The summed E-state index contributed by atoms with van der Waals surface area (Å²) in [5.41, 5.74) is 0.150. The molecule has 0 saturated carbocycles. The van der Waals surface area contributed by atoms with E-state index in [2.05, 4.69) is 11.8 Å². The molecular formula is C18H26FN3O4S. The molecule has 7 nitrogen and oxygen atoms in total. The van der Waals surface area contributed by atoms with Gasteiger partial charge in [0.05, 0.1) is 0 Å². The van der Waals surface area contributed by atoms with Crippen LogP contribution in [-0.2, 0) is 21.4 Å². The number of aromatic hydroxyl groups is 1. The van der Waals surface area contributed by atoms with Crippen LogP contribution >= 0.6 is 0 Å². The molecule has 0 bridgehead atoms. The van der Waals surface area contributed by atoms with Crippen LogP contribution in [0.4, 0.5) is 10.1 Å². The van der Waals surface area contributed by atoms with E-state index >= 15 is 0 Å². The van der Waals surface area contributed by atoms with Gasteiger partial charge in [-0.05, 0) is 62.4 Å². The van der Waals surface area contributed by atoms with Gasteiger partial charge in [-0.1, -0.05) is 13.3 Å². The van der Waals surface area contributed by atoms with E-state index in [4.69, 9.17) is 0 Å². The number of carbonyl (C=O) groups excluding carboxylic acids is 1. The van der Waals surface area contributed by atoms with Crippen molar-refractivity contribution < 1.29 is 22.7 Å². The normalized spacial score (nSPS) is 22.8. The number of nitrogens with zero attached hydrogens (tertiary/aromatic N) is 2. The Labute approximate surface area is 159 Å². The third kappa shape index (κ3) is 4.52. The molecule has 1 unspecified atom stereocenters. The van der Waals surface area contributed by atoms with Crippen molar-refractivity contribution in [1.82, 2.24) is 9.62 Å². The molecular weight excluding hydrogens is 373 g/mol. The fourth-order valence-corrected chi connectivity index (χ4v) is 5.06. The predicted octanol–water partition coefficient (Wildman–Crippen LogP) is 1.77. The first-order chi connectivity index (χ1) is 12.8. The van der Waals surface area contributed by atoms with E-state index in [1.165, 1.54) is 12.1 Å². The third-order valence-corrected chi connectivity index (χ3v) is 6.51. The number of carbonyl (C=O) groups is 1. The Balaban J connectivity index is 1.74. The monoisotopic (exact) mass is 399 g/mol. The highest BCUT2D eigenvalue weighted by Gasteiger charge is 2.37. The van der Waals surface area contributed by atoms with Crippen LogP contribution < -0.4 is 9.03 Å². The Morgan fingerprint density at radius 1 is 1.37 bits per heavy atom. The van der Waals surface area contributed by atoms with E-state index in [0.717, 1.165) is 45.3 Å². The van der Waals surface area contributed by atoms with Crippen LogP contribution in [0.3, 0.4) is 0 Å². The van der Waals surface area contributed by atoms with Gasteiger partial charge in [-0.2, -0.15) is 8.42 Å². The van der Waals surface area contributed by atoms with Crippen LogP contribution in [0.2, 0.25) is 0 Å². The maximum atomic E-state index is 14.6. The van der Waals surface area contributed by atoms with E-state index < -0.39 is 39.9 Å². The Kier molecular flexibility index (Phi) is 5.90. The zero-order valence-electron chi connectivity index (χ0n) is 15.4. The molecule has 2 fully saturated rings. The predicted molar refractivity (Wildman–Crippen MR) is 100 cm³/mol. The number of halogens is 1. The first-order valence-corrected chi connectivity index (χ1v) is 10.8. The van der Waals surface area contributed by atoms with Crippen molar-refractivity contribution in [2.75, 3.05) is 30.5 Å². The van der Waals surface area contributed by atoms with Crippen LogP contribution in [0.1, 0.15) is 38.2 Å². The van der Waals surface area contributed by atoms with Gasteiger partial charge < -0.3 is 10.0 Å². The van der Waals surface area contributed by atoms with Crippen LogP contribution in [0.5, 0.6) is 5.75 Å². The summed E-state index contributed by atoms with van der Waals surface area (Å²) in [7, 11) is -4.16. The number of hydrogen-bond donors (Lipinski definition) is 2. The molecule has 1 aromatic carbocycles.